The van der Waals surface area contributed by atoms with Crippen molar-refractivity contribution in [2.24, 2.45) is 0 Å². The van der Waals surface area contributed by atoms with E-state index >= 15 is 0 Å². The number of ether oxygens (including phenoxy) is 2. The molecule has 0 aromatic carbocycles. The van der Waals surface area contributed by atoms with Gasteiger partial charge in [-0.1, -0.05) is 6.08 Å². The summed E-state index contributed by atoms with van der Waals surface area (Å²) in [6.07, 6.45) is 3.71. The number of morpholine rings is 1. The molecule has 5 heteroatoms. The SMILES string of the molecule is C=CCCC(C)NCC1COCCN1C(=O)OC(C)(C)C. The van der Waals surface area contributed by atoms with Crippen LogP contribution in [-0.4, -0.2) is 55.0 Å². The number of hydrogen-bond acceptors (Lipinski definition) is 4. The summed E-state index contributed by atoms with van der Waals surface area (Å²) >= 11 is 0. The van der Waals surface area contributed by atoms with E-state index in [2.05, 4.69) is 18.8 Å². The van der Waals surface area contributed by atoms with Gasteiger partial charge in [-0.25, -0.2) is 4.79 Å². The van der Waals surface area contributed by atoms with E-state index < -0.39 is 5.60 Å². The minimum Gasteiger partial charge on any atom is -0.444 e. The zero-order valence-electron chi connectivity index (χ0n) is 13.9. The maximum atomic E-state index is 12.2. The minimum atomic E-state index is -0.468. The first-order chi connectivity index (χ1) is 9.83. The smallest absolute Gasteiger partial charge is 0.410 e. The molecular formula is C16H30N2O3. The number of carbonyl (C=O) groups is 1. The van der Waals surface area contributed by atoms with Gasteiger partial charge in [-0.2, -0.15) is 0 Å². The molecular weight excluding hydrogens is 268 g/mol. The summed E-state index contributed by atoms with van der Waals surface area (Å²) in [5, 5.41) is 3.46. The molecule has 1 aliphatic rings. The predicted octanol–water partition coefficient (Wildman–Crippen LogP) is 2.57. The summed E-state index contributed by atoms with van der Waals surface area (Å²) in [4.78, 5) is 14.0. The van der Waals surface area contributed by atoms with Crippen LogP contribution in [0.2, 0.25) is 0 Å². The largest absolute Gasteiger partial charge is 0.444 e. The number of rotatable bonds is 6. The van der Waals surface area contributed by atoms with E-state index in [1.165, 1.54) is 0 Å². The molecule has 1 amide bonds. The van der Waals surface area contributed by atoms with E-state index in [-0.39, 0.29) is 12.1 Å². The Morgan fingerprint density at radius 1 is 1.57 bits per heavy atom. The van der Waals surface area contributed by atoms with Gasteiger partial charge in [0.2, 0.25) is 0 Å². The second-order valence-corrected chi connectivity index (χ2v) is 6.58. The van der Waals surface area contributed by atoms with Crippen LogP contribution in [0.1, 0.15) is 40.5 Å². The highest BCUT2D eigenvalue weighted by Gasteiger charge is 2.30. The number of hydrogen-bond donors (Lipinski definition) is 1. The first-order valence-electron chi connectivity index (χ1n) is 7.75. The van der Waals surface area contributed by atoms with Gasteiger partial charge < -0.3 is 14.8 Å². The Bertz CT molecular complexity index is 339. The van der Waals surface area contributed by atoms with Crippen LogP contribution in [0.4, 0.5) is 4.79 Å². The summed E-state index contributed by atoms with van der Waals surface area (Å²) in [6.45, 7) is 14.0. The molecule has 2 atom stereocenters. The molecule has 21 heavy (non-hydrogen) atoms. The average Bonchev–Trinajstić information content (AvgIpc) is 2.41. The molecule has 0 aromatic heterocycles. The van der Waals surface area contributed by atoms with Gasteiger partial charge in [-0.05, 0) is 40.5 Å². The standard InChI is InChI=1S/C16H30N2O3/c1-6-7-8-13(2)17-11-14-12-20-10-9-18(14)15(19)21-16(3,4)5/h6,13-14,17H,1,7-12H2,2-5H3. The molecule has 1 heterocycles. The van der Waals surface area contributed by atoms with Crippen LogP contribution in [0.25, 0.3) is 0 Å². The van der Waals surface area contributed by atoms with E-state index in [1.54, 1.807) is 4.90 Å². The van der Waals surface area contributed by atoms with Gasteiger partial charge in [0.15, 0.2) is 0 Å². The molecule has 5 nitrogen and oxygen atoms in total. The van der Waals surface area contributed by atoms with Crippen LogP contribution < -0.4 is 5.32 Å². The zero-order valence-corrected chi connectivity index (χ0v) is 13.9. The maximum absolute atomic E-state index is 12.2. The van der Waals surface area contributed by atoms with Crippen molar-refractivity contribution >= 4 is 6.09 Å². The van der Waals surface area contributed by atoms with E-state index in [9.17, 15) is 4.79 Å². The highest BCUT2D eigenvalue weighted by molar-refractivity contribution is 5.68. The normalized spacial score (nSPS) is 21.0. The van der Waals surface area contributed by atoms with Crippen LogP contribution in [0.5, 0.6) is 0 Å². The quantitative estimate of drug-likeness (QED) is 0.766. The molecule has 0 spiro atoms. The van der Waals surface area contributed by atoms with Crippen molar-refractivity contribution in [3.63, 3.8) is 0 Å². The van der Waals surface area contributed by atoms with Gasteiger partial charge in [0.05, 0.1) is 19.3 Å². The van der Waals surface area contributed by atoms with Crippen molar-refractivity contribution in [3.8, 4) is 0 Å². The third kappa shape index (κ3) is 6.96. The molecule has 1 rings (SSSR count). The van der Waals surface area contributed by atoms with Crippen molar-refractivity contribution in [3.05, 3.63) is 12.7 Å². The topological polar surface area (TPSA) is 50.8 Å². The van der Waals surface area contributed by atoms with E-state index in [0.717, 1.165) is 19.4 Å². The molecule has 1 fully saturated rings. The van der Waals surface area contributed by atoms with Crippen LogP contribution in [0.3, 0.4) is 0 Å². The lowest BCUT2D eigenvalue weighted by atomic mass is 10.1. The summed E-state index contributed by atoms with van der Waals surface area (Å²) in [6, 6.07) is 0.421. The van der Waals surface area contributed by atoms with E-state index in [0.29, 0.717) is 25.8 Å². The summed E-state index contributed by atoms with van der Waals surface area (Å²) in [7, 11) is 0. The van der Waals surface area contributed by atoms with Crippen molar-refractivity contribution in [2.75, 3.05) is 26.3 Å². The maximum Gasteiger partial charge on any atom is 0.410 e. The first-order valence-corrected chi connectivity index (χ1v) is 7.75. The molecule has 0 aliphatic carbocycles. The molecule has 0 saturated carbocycles. The number of nitrogens with zero attached hydrogens (tertiary/aromatic N) is 1. The van der Waals surface area contributed by atoms with Gasteiger partial charge in [0, 0.05) is 19.1 Å². The van der Waals surface area contributed by atoms with Crippen LogP contribution in [0.15, 0.2) is 12.7 Å². The number of nitrogens with one attached hydrogen (secondary N) is 1. The fourth-order valence-electron chi connectivity index (χ4n) is 2.19. The fourth-order valence-corrected chi connectivity index (χ4v) is 2.19. The van der Waals surface area contributed by atoms with Crippen LogP contribution in [0, 0.1) is 0 Å². The van der Waals surface area contributed by atoms with E-state index in [4.69, 9.17) is 9.47 Å². The lowest BCUT2D eigenvalue weighted by molar-refractivity contribution is -0.0321. The van der Waals surface area contributed by atoms with Gasteiger partial charge in [-0.15, -0.1) is 6.58 Å². The molecule has 1 aliphatic heterocycles. The Kier molecular flexibility index (Phi) is 7.18. The van der Waals surface area contributed by atoms with Gasteiger partial charge in [-0.3, -0.25) is 4.90 Å². The van der Waals surface area contributed by atoms with Gasteiger partial charge in [0.25, 0.3) is 0 Å². The molecule has 1 N–H and O–H groups in total. The average molecular weight is 298 g/mol. The van der Waals surface area contributed by atoms with Gasteiger partial charge >= 0.3 is 6.09 Å². The Balaban J connectivity index is 2.49. The monoisotopic (exact) mass is 298 g/mol. The molecule has 0 aromatic rings. The van der Waals surface area contributed by atoms with Crippen molar-refractivity contribution in [2.45, 2.75) is 58.2 Å². The molecule has 2 unspecified atom stereocenters. The molecule has 0 bridgehead atoms. The second-order valence-electron chi connectivity index (χ2n) is 6.58. The Hall–Kier alpha value is -1.07. The molecule has 0 radical (unpaired) electrons. The van der Waals surface area contributed by atoms with Crippen LogP contribution >= 0.6 is 0 Å². The zero-order chi connectivity index (χ0) is 15.9. The predicted molar refractivity (Wildman–Crippen MR) is 84.4 cm³/mol. The Morgan fingerprint density at radius 3 is 2.90 bits per heavy atom. The highest BCUT2D eigenvalue weighted by Crippen LogP contribution is 2.14. The summed E-state index contributed by atoms with van der Waals surface area (Å²) in [5.74, 6) is 0. The van der Waals surface area contributed by atoms with Crippen LogP contribution in [-0.2, 0) is 9.47 Å². The minimum absolute atomic E-state index is 0.0276. The van der Waals surface area contributed by atoms with Crippen molar-refractivity contribution in [1.82, 2.24) is 10.2 Å². The summed E-state index contributed by atoms with van der Waals surface area (Å²) in [5.41, 5.74) is -0.468. The number of carbonyl (C=O) groups excluding carboxylic acids is 1. The Labute approximate surface area is 128 Å². The molecule has 1 saturated heterocycles. The molecule has 122 valence electrons. The summed E-state index contributed by atoms with van der Waals surface area (Å²) < 4.78 is 11.0. The van der Waals surface area contributed by atoms with E-state index in [1.807, 2.05) is 26.8 Å². The first kappa shape index (κ1) is 18.0. The third-order valence-electron chi connectivity index (χ3n) is 3.36. The van der Waals surface area contributed by atoms with Crippen molar-refractivity contribution in [1.29, 1.82) is 0 Å². The van der Waals surface area contributed by atoms with Crippen molar-refractivity contribution < 1.29 is 14.3 Å². The third-order valence-corrected chi connectivity index (χ3v) is 3.36. The highest BCUT2D eigenvalue weighted by atomic mass is 16.6. The number of allylic oxidation sites excluding steroid dienone is 1. The second kappa shape index (κ2) is 8.39. The van der Waals surface area contributed by atoms with Gasteiger partial charge in [0.1, 0.15) is 5.60 Å². The Morgan fingerprint density at radius 2 is 2.29 bits per heavy atom. The fraction of sp³-hybridized carbons (Fsp3) is 0.812. The lowest BCUT2D eigenvalue weighted by Gasteiger charge is -2.37. The number of amides is 1. The lowest BCUT2D eigenvalue weighted by Crippen LogP contribution is -2.54.